The van der Waals surface area contributed by atoms with E-state index in [0.29, 0.717) is 0 Å². The maximum atomic E-state index is 9.87. The maximum absolute atomic E-state index is 10.7. The predicted octanol–water partition coefficient (Wildman–Crippen LogP) is 6.67. The van der Waals surface area contributed by atoms with Crippen molar-refractivity contribution in [3.63, 3.8) is 0 Å². The molecule has 0 aliphatic heterocycles. The van der Waals surface area contributed by atoms with E-state index >= 15 is 0 Å². The predicted molar refractivity (Wildman–Crippen MR) is 77.4 cm³/mol. The third-order valence-electron chi connectivity index (χ3n) is 2.08. The van der Waals surface area contributed by atoms with Gasteiger partial charge in [0.15, 0.2) is 9.79 Å². The summed E-state index contributed by atoms with van der Waals surface area (Å²) in [6.07, 6.45) is 0. The zero-order chi connectivity index (χ0) is 16.9. The Labute approximate surface area is 126 Å². The van der Waals surface area contributed by atoms with Crippen molar-refractivity contribution >= 4 is 19.0 Å². The molecule has 1 nitrogen and oxygen atoms in total. The molecule has 2 rings (SSSR count). The summed E-state index contributed by atoms with van der Waals surface area (Å²) >= 11 is -0.258. The van der Waals surface area contributed by atoms with Gasteiger partial charge in [0.1, 0.15) is 0 Å². The third-order valence-corrected chi connectivity index (χ3v) is 3.82. The number of hydrogen-bond acceptors (Lipinski definition) is 1. The van der Waals surface area contributed by atoms with Gasteiger partial charge < -0.3 is 0 Å². The number of halogens is 6. The van der Waals surface area contributed by atoms with Crippen molar-refractivity contribution in [3.05, 3.63) is 60.7 Å². The molecule has 0 atom stereocenters. The van der Waals surface area contributed by atoms with E-state index in [4.69, 9.17) is 4.18 Å². The minimum absolute atomic E-state index is 0.258. The number of rotatable bonds is 3. The summed E-state index contributed by atoms with van der Waals surface area (Å²) in [4.78, 5) is 2.43. The van der Waals surface area contributed by atoms with E-state index in [1.165, 1.54) is 9.79 Å². The average Bonchev–Trinajstić information content (AvgIpc) is 2.38. The third kappa shape index (κ3) is 9.65. The normalized spacial score (nSPS) is 14.5. The van der Waals surface area contributed by atoms with Crippen molar-refractivity contribution in [1.29, 1.82) is 0 Å². The van der Waals surface area contributed by atoms with Crippen LogP contribution in [0, 0.1) is 0 Å². The Morgan fingerprint density at radius 1 is 0.682 bits per heavy atom. The molecule has 0 aliphatic carbocycles. The van der Waals surface area contributed by atoms with Crippen LogP contribution in [0.2, 0.25) is 0 Å². The van der Waals surface area contributed by atoms with Crippen LogP contribution in [-0.2, 0) is 15.4 Å². The molecule has 0 aromatic heterocycles. The van der Waals surface area contributed by atoms with E-state index in [-0.39, 0.29) is 11.2 Å². The second-order valence-corrected chi connectivity index (χ2v) is 7.75. The Kier molecular flexibility index (Phi) is 5.22. The van der Waals surface area contributed by atoms with Crippen LogP contribution in [0.1, 0.15) is 0 Å². The van der Waals surface area contributed by atoms with Crippen LogP contribution < -0.4 is 0 Å². The van der Waals surface area contributed by atoms with Crippen LogP contribution in [0.4, 0.5) is 25.2 Å². The SMILES string of the molecule is CO[S+](c1ccccc1)c1ccccc1.F[P-](F)(F)(F)(F)F. The van der Waals surface area contributed by atoms with Crippen molar-refractivity contribution in [2.75, 3.05) is 7.11 Å². The summed E-state index contributed by atoms with van der Waals surface area (Å²) in [5.74, 6) is 0. The molecule has 0 amide bonds. The standard InChI is InChI=1S/C13H13OS.F6P/c1-14-15(12-8-4-2-5-9-12)13-10-6-3-7-11-13;1-7(2,3,4,5)6/h2-11H,1H3;/q+1;-1. The molecule has 0 radical (unpaired) electrons. The first-order valence-electron chi connectivity index (χ1n) is 5.82. The second-order valence-electron chi connectivity index (χ2n) is 4.02. The minimum atomic E-state index is -10.7. The molecule has 0 fully saturated rings. The fraction of sp³-hybridized carbons (Fsp3) is 0.0769. The Morgan fingerprint density at radius 2 is 0.955 bits per heavy atom. The fourth-order valence-electron chi connectivity index (χ4n) is 1.42. The van der Waals surface area contributed by atoms with Gasteiger partial charge in [-0.25, -0.2) is 0 Å². The summed E-state index contributed by atoms with van der Waals surface area (Å²) in [6, 6.07) is 20.6. The molecule has 2 aromatic rings. The zero-order valence-electron chi connectivity index (χ0n) is 11.3. The molecule has 0 heterocycles. The summed E-state index contributed by atoms with van der Waals surface area (Å²) in [5.41, 5.74) is 0. The molecule has 0 saturated heterocycles. The summed E-state index contributed by atoms with van der Waals surface area (Å²) in [6.45, 7) is 0. The van der Waals surface area contributed by atoms with E-state index < -0.39 is 7.81 Å². The first-order chi connectivity index (χ1) is 9.86. The van der Waals surface area contributed by atoms with Crippen LogP contribution in [0.3, 0.4) is 0 Å². The molecule has 2 aromatic carbocycles. The fourth-order valence-corrected chi connectivity index (χ4v) is 2.88. The van der Waals surface area contributed by atoms with Gasteiger partial charge in [-0.3, -0.25) is 0 Å². The van der Waals surface area contributed by atoms with Gasteiger partial charge in [0.25, 0.3) is 0 Å². The van der Waals surface area contributed by atoms with Gasteiger partial charge in [-0.2, -0.15) is 4.18 Å². The van der Waals surface area contributed by atoms with E-state index in [9.17, 15) is 25.2 Å². The zero-order valence-corrected chi connectivity index (χ0v) is 13.0. The molecule has 0 N–H and O–H groups in total. The molecular formula is C13H13F6OPS. The van der Waals surface area contributed by atoms with Crippen molar-refractivity contribution in [3.8, 4) is 0 Å². The Bertz CT molecular complexity index is 537. The molecule has 22 heavy (non-hydrogen) atoms. The van der Waals surface area contributed by atoms with Gasteiger partial charge in [0.05, 0.1) is 7.11 Å². The summed E-state index contributed by atoms with van der Waals surface area (Å²) < 4.78 is 64.7. The number of benzene rings is 2. The van der Waals surface area contributed by atoms with Gasteiger partial charge >= 0.3 is 33.0 Å². The van der Waals surface area contributed by atoms with Gasteiger partial charge in [0, 0.05) is 0 Å². The quantitative estimate of drug-likeness (QED) is 0.337. The summed E-state index contributed by atoms with van der Waals surface area (Å²) in [7, 11) is -8.90. The van der Waals surface area contributed by atoms with Gasteiger partial charge in [-0.1, -0.05) is 36.4 Å². The monoisotopic (exact) mass is 362 g/mol. The topological polar surface area (TPSA) is 9.23 Å². The molecule has 9 heteroatoms. The van der Waals surface area contributed by atoms with Gasteiger partial charge in [-0.05, 0) is 24.3 Å². The molecule has 0 aliphatic rings. The van der Waals surface area contributed by atoms with Crippen molar-refractivity contribution in [2.24, 2.45) is 0 Å². The number of hydrogen-bond donors (Lipinski definition) is 0. The van der Waals surface area contributed by atoms with E-state index in [2.05, 4.69) is 24.3 Å². The van der Waals surface area contributed by atoms with E-state index in [1.54, 1.807) is 7.11 Å². The molecular weight excluding hydrogens is 349 g/mol. The van der Waals surface area contributed by atoms with Crippen LogP contribution in [0.15, 0.2) is 70.5 Å². The van der Waals surface area contributed by atoms with Crippen LogP contribution >= 0.6 is 7.81 Å². The van der Waals surface area contributed by atoms with Crippen LogP contribution in [-0.4, -0.2) is 7.11 Å². The van der Waals surface area contributed by atoms with Gasteiger partial charge in [0.2, 0.25) is 11.2 Å². The molecule has 0 bridgehead atoms. The Morgan fingerprint density at radius 3 is 1.18 bits per heavy atom. The Balaban J connectivity index is 0.000000295. The first kappa shape index (κ1) is 18.8. The average molecular weight is 362 g/mol. The van der Waals surface area contributed by atoms with Crippen LogP contribution in [0.5, 0.6) is 0 Å². The summed E-state index contributed by atoms with van der Waals surface area (Å²) in [5, 5.41) is 0. The van der Waals surface area contributed by atoms with Crippen LogP contribution in [0.25, 0.3) is 0 Å². The molecule has 0 spiro atoms. The van der Waals surface area contributed by atoms with Crippen molar-refractivity contribution in [2.45, 2.75) is 9.79 Å². The molecule has 124 valence electrons. The molecule has 0 saturated carbocycles. The first-order valence-corrected chi connectivity index (χ1v) is 9.00. The van der Waals surface area contributed by atoms with Crippen molar-refractivity contribution < 1.29 is 29.4 Å². The van der Waals surface area contributed by atoms with Crippen molar-refractivity contribution in [1.82, 2.24) is 0 Å². The van der Waals surface area contributed by atoms with Gasteiger partial charge in [-0.15, -0.1) is 0 Å². The molecule has 0 unspecified atom stereocenters. The second kappa shape index (κ2) is 6.10. The van der Waals surface area contributed by atoms with E-state index in [1.807, 2.05) is 36.4 Å². The van der Waals surface area contributed by atoms with E-state index in [0.717, 1.165) is 0 Å². The Hall–Kier alpha value is -1.24.